The molecule has 0 saturated heterocycles. The Hall–Kier alpha value is -1.27. The number of nitrogens with zero attached hydrogens (tertiary/aromatic N) is 4. The summed E-state index contributed by atoms with van der Waals surface area (Å²) >= 11 is 0.719. The van der Waals surface area contributed by atoms with E-state index in [1.165, 1.54) is 11.2 Å². The molecular weight excluding hydrogens is 236 g/mol. The zero-order valence-corrected chi connectivity index (χ0v) is 9.57. The van der Waals surface area contributed by atoms with Crippen molar-refractivity contribution in [2.75, 3.05) is 12.1 Å². The van der Waals surface area contributed by atoms with Crippen molar-refractivity contribution in [1.82, 2.24) is 4.98 Å². The van der Waals surface area contributed by atoms with Crippen LogP contribution in [0.3, 0.4) is 0 Å². The van der Waals surface area contributed by atoms with Crippen molar-refractivity contribution >= 4 is 27.6 Å². The summed E-state index contributed by atoms with van der Waals surface area (Å²) in [6, 6.07) is 3.44. The minimum Gasteiger partial charge on any atom is -0.389 e. The second-order valence-corrected chi connectivity index (χ2v) is 2.99. The van der Waals surface area contributed by atoms with Crippen LogP contribution >= 0.6 is 21.9 Å². The highest BCUT2D eigenvalue weighted by atomic mass is 35.7. The van der Waals surface area contributed by atoms with E-state index in [0.717, 1.165) is 16.9 Å². The molecule has 5 nitrogen and oxygen atoms in total. The van der Waals surface area contributed by atoms with Crippen molar-refractivity contribution in [2.24, 2.45) is 10.3 Å². The topological polar surface area (TPSA) is 50.1 Å². The molecule has 0 aromatic carbocycles. The summed E-state index contributed by atoms with van der Waals surface area (Å²) in [7, 11) is 6.88. The third-order valence-electron chi connectivity index (χ3n) is 1.46. The first-order chi connectivity index (χ1) is 7.31. The van der Waals surface area contributed by atoms with Gasteiger partial charge in [-0.3, -0.25) is 0 Å². The second-order valence-electron chi connectivity index (χ2n) is 2.32. The van der Waals surface area contributed by atoms with Crippen molar-refractivity contribution in [3.63, 3.8) is 0 Å². The first-order valence-electron chi connectivity index (χ1n) is 3.94. The average molecular weight is 245 g/mol. The highest BCUT2D eigenvalue weighted by Gasteiger charge is 2.02. The third kappa shape index (κ3) is 3.41. The predicted molar refractivity (Wildman–Crippen MR) is 61.8 cm³/mol. The zero-order chi connectivity index (χ0) is 11.1. The molecule has 0 aliphatic rings. The van der Waals surface area contributed by atoms with Gasteiger partial charge in [0.25, 0.3) is 0 Å². The zero-order valence-electron chi connectivity index (χ0n) is 8.00. The third-order valence-corrected chi connectivity index (χ3v) is 1.88. The minimum absolute atomic E-state index is 0.427. The Morgan fingerprint density at radius 1 is 1.67 bits per heavy atom. The Labute approximate surface area is 96.5 Å². The number of rotatable bonds is 5. The van der Waals surface area contributed by atoms with E-state index >= 15 is 0 Å². The molecule has 0 atom stereocenters. The van der Waals surface area contributed by atoms with E-state index in [1.54, 1.807) is 25.4 Å². The lowest BCUT2D eigenvalue weighted by Crippen LogP contribution is -2.05. The maximum atomic E-state index is 5.31. The molecule has 0 amide bonds. The molecule has 0 unspecified atom stereocenters. The quantitative estimate of drug-likeness (QED) is 0.453. The molecule has 0 spiro atoms. The molecular formula is C8H9ClN4OS. The molecule has 0 bridgehead atoms. The Kier molecular flexibility index (Phi) is 4.92. The van der Waals surface area contributed by atoms with Crippen LogP contribution in [0.2, 0.25) is 0 Å². The summed E-state index contributed by atoms with van der Waals surface area (Å²) in [6.45, 7) is 3.60. The van der Waals surface area contributed by atoms with Gasteiger partial charge in [0.05, 0.1) is 18.9 Å². The molecule has 0 fully saturated rings. The fraction of sp³-hybridized carbons (Fsp3) is 0.125. The second kappa shape index (κ2) is 6.26. The normalized spacial score (nSPS) is 10.3. The van der Waals surface area contributed by atoms with Crippen LogP contribution in [0.5, 0.6) is 5.88 Å². The van der Waals surface area contributed by atoms with Crippen LogP contribution in [-0.2, 0) is 0 Å². The molecule has 1 heterocycles. The molecule has 7 heteroatoms. The van der Waals surface area contributed by atoms with Crippen LogP contribution in [-0.4, -0.2) is 12.0 Å². The molecule has 15 heavy (non-hydrogen) atoms. The van der Waals surface area contributed by atoms with Crippen LogP contribution in [0.15, 0.2) is 41.4 Å². The van der Waals surface area contributed by atoms with Crippen molar-refractivity contribution in [3.05, 3.63) is 31.1 Å². The van der Waals surface area contributed by atoms with E-state index in [0.29, 0.717) is 5.88 Å². The number of hydrogen-bond donors (Lipinski definition) is 0. The smallest absolute Gasteiger partial charge is 0.229 e. The van der Waals surface area contributed by atoms with E-state index in [9.17, 15) is 0 Å². The lowest BCUT2D eigenvalue weighted by Gasteiger charge is -2.11. The van der Waals surface area contributed by atoms with Gasteiger partial charge >= 0.3 is 0 Å². The standard InChI is InChI=1S/C8H9ClN4OS/c1-3-13(12-10-2)7-4-5-8(11-6-7)14-15-9/h3-6H,1H2,2H3. The molecule has 0 saturated carbocycles. The lowest BCUT2D eigenvalue weighted by molar-refractivity contribution is 0.624. The number of anilines is 1. The highest BCUT2D eigenvalue weighted by Crippen LogP contribution is 2.20. The Balaban J connectivity index is 2.81. The summed E-state index contributed by atoms with van der Waals surface area (Å²) in [4.78, 5) is 4.00. The van der Waals surface area contributed by atoms with Gasteiger partial charge in [-0.15, -0.1) is 0 Å². The van der Waals surface area contributed by atoms with E-state index < -0.39 is 0 Å². The molecule has 0 N–H and O–H groups in total. The molecule has 0 aliphatic heterocycles. The summed E-state index contributed by atoms with van der Waals surface area (Å²) in [5, 5.41) is 8.94. The van der Waals surface area contributed by atoms with Crippen molar-refractivity contribution < 1.29 is 4.18 Å². The van der Waals surface area contributed by atoms with Gasteiger partial charge in [0, 0.05) is 22.9 Å². The number of aromatic nitrogens is 1. The minimum atomic E-state index is 0.427. The number of halogens is 1. The van der Waals surface area contributed by atoms with Gasteiger partial charge in [-0.05, 0) is 6.07 Å². The molecule has 1 aromatic rings. The molecule has 1 rings (SSSR count). The number of pyridine rings is 1. The van der Waals surface area contributed by atoms with E-state index in [1.807, 2.05) is 0 Å². The Morgan fingerprint density at radius 3 is 2.93 bits per heavy atom. The van der Waals surface area contributed by atoms with E-state index in [-0.39, 0.29) is 0 Å². The van der Waals surface area contributed by atoms with Crippen molar-refractivity contribution in [2.45, 2.75) is 0 Å². The molecule has 0 aliphatic carbocycles. The summed E-state index contributed by atoms with van der Waals surface area (Å²) < 4.78 is 4.91. The monoisotopic (exact) mass is 244 g/mol. The van der Waals surface area contributed by atoms with Crippen LogP contribution in [0.1, 0.15) is 0 Å². The molecule has 0 radical (unpaired) electrons. The highest BCUT2D eigenvalue weighted by molar-refractivity contribution is 8.17. The maximum Gasteiger partial charge on any atom is 0.229 e. The largest absolute Gasteiger partial charge is 0.389 e. The lowest BCUT2D eigenvalue weighted by atomic mass is 10.4. The van der Waals surface area contributed by atoms with Gasteiger partial charge in [0.15, 0.2) is 11.3 Å². The fourth-order valence-electron chi connectivity index (χ4n) is 0.880. The SMILES string of the molecule is C=CN(N=NC)c1ccc(OSCl)nc1. The Bertz CT molecular complexity index is 343. The molecule has 1 aromatic heterocycles. The first kappa shape index (κ1) is 11.8. The van der Waals surface area contributed by atoms with E-state index in [4.69, 9.17) is 14.9 Å². The summed E-state index contributed by atoms with van der Waals surface area (Å²) in [6.07, 6.45) is 3.11. The van der Waals surface area contributed by atoms with Crippen LogP contribution in [0.4, 0.5) is 5.69 Å². The van der Waals surface area contributed by atoms with Gasteiger partial charge in [-0.1, -0.05) is 11.8 Å². The van der Waals surface area contributed by atoms with E-state index in [2.05, 4.69) is 21.9 Å². The van der Waals surface area contributed by atoms with Crippen LogP contribution in [0.25, 0.3) is 0 Å². The van der Waals surface area contributed by atoms with Gasteiger partial charge < -0.3 is 4.18 Å². The van der Waals surface area contributed by atoms with Gasteiger partial charge in [-0.2, -0.15) is 5.11 Å². The van der Waals surface area contributed by atoms with Crippen molar-refractivity contribution in [1.29, 1.82) is 0 Å². The fourth-order valence-corrected chi connectivity index (χ4v) is 1.24. The van der Waals surface area contributed by atoms with Gasteiger partial charge in [-0.25, -0.2) is 9.99 Å². The van der Waals surface area contributed by atoms with Crippen LogP contribution in [0, 0.1) is 0 Å². The Morgan fingerprint density at radius 2 is 2.47 bits per heavy atom. The first-order valence-corrected chi connectivity index (χ1v) is 5.51. The van der Waals surface area contributed by atoms with Gasteiger partial charge in [0.2, 0.25) is 5.88 Å². The summed E-state index contributed by atoms with van der Waals surface area (Å²) in [5.41, 5.74) is 0.738. The van der Waals surface area contributed by atoms with Gasteiger partial charge in [0.1, 0.15) is 0 Å². The maximum absolute atomic E-state index is 5.31. The number of hydrogen-bond acceptors (Lipinski definition) is 5. The predicted octanol–water partition coefficient (Wildman–Crippen LogP) is 3.21. The average Bonchev–Trinajstić information content (AvgIpc) is 2.28. The van der Waals surface area contributed by atoms with Crippen LogP contribution < -0.4 is 9.19 Å². The summed E-state index contributed by atoms with van der Waals surface area (Å²) in [5.74, 6) is 0.427. The van der Waals surface area contributed by atoms with Crippen molar-refractivity contribution in [3.8, 4) is 5.88 Å². The molecule has 80 valence electrons.